The fourth-order valence-electron chi connectivity index (χ4n) is 1.60. The summed E-state index contributed by atoms with van der Waals surface area (Å²) in [5, 5.41) is 2.51. The normalized spacial score (nSPS) is 9.83. The summed E-state index contributed by atoms with van der Waals surface area (Å²) in [4.78, 5) is 11.0. The van der Waals surface area contributed by atoms with Crippen LogP contribution < -0.4 is 10.1 Å². The van der Waals surface area contributed by atoms with Gasteiger partial charge in [-0.1, -0.05) is 42.5 Å². The Morgan fingerprint density at radius 3 is 2.22 bits per heavy atom. The zero-order valence-corrected chi connectivity index (χ0v) is 10.2. The molecule has 2 aromatic rings. The number of amides is 1. The van der Waals surface area contributed by atoms with E-state index in [9.17, 15) is 4.79 Å². The van der Waals surface area contributed by atoms with Crippen LogP contribution in [-0.4, -0.2) is 19.6 Å². The van der Waals surface area contributed by atoms with Gasteiger partial charge >= 0.3 is 0 Å². The minimum absolute atomic E-state index is 0.0428. The van der Waals surface area contributed by atoms with Gasteiger partial charge in [0.05, 0.1) is 0 Å². The van der Waals surface area contributed by atoms with Crippen LogP contribution >= 0.6 is 0 Å². The van der Waals surface area contributed by atoms with Crippen LogP contribution in [0.1, 0.15) is 0 Å². The van der Waals surface area contributed by atoms with Crippen LogP contribution in [0.15, 0.2) is 54.6 Å². The van der Waals surface area contributed by atoms with E-state index in [2.05, 4.69) is 17.4 Å². The maximum atomic E-state index is 11.0. The molecule has 0 saturated heterocycles. The van der Waals surface area contributed by atoms with Gasteiger partial charge in [-0.3, -0.25) is 4.79 Å². The zero-order chi connectivity index (χ0) is 12.8. The highest BCUT2D eigenvalue weighted by molar-refractivity contribution is 5.77. The predicted molar refractivity (Wildman–Crippen MR) is 71.4 cm³/mol. The third-order valence-corrected chi connectivity index (χ3v) is 2.61. The van der Waals surface area contributed by atoms with Crippen LogP contribution in [0.25, 0.3) is 11.1 Å². The summed E-state index contributed by atoms with van der Waals surface area (Å²) < 4.78 is 5.34. The first-order valence-electron chi connectivity index (χ1n) is 5.78. The van der Waals surface area contributed by atoms with E-state index in [0.717, 1.165) is 11.1 Å². The lowest BCUT2D eigenvalue weighted by Crippen LogP contribution is -2.24. The first-order chi connectivity index (χ1) is 8.79. The molecule has 1 N–H and O–H groups in total. The van der Waals surface area contributed by atoms with Crippen LogP contribution in [-0.2, 0) is 4.79 Å². The molecule has 1 amide bonds. The Labute approximate surface area is 106 Å². The second-order valence-electron chi connectivity index (χ2n) is 3.85. The van der Waals surface area contributed by atoms with Gasteiger partial charge in [-0.25, -0.2) is 0 Å². The number of benzene rings is 2. The first-order valence-corrected chi connectivity index (χ1v) is 5.78. The molecule has 0 saturated carbocycles. The molecule has 0 spiro atoms. The van der Waals surface area contributed by atoms with Gasteiger partial charge in [0.2, 0.25) is 0 Å². The quantitative estimate of drug-likeness (QED) is 0.893. The van der Waals surface area contributed by atoms with E-state index in [1.165, 1.54) is 0 Å². The summed E-state index contributed by atoms with van der Waals surface area (Å²) in [5.41, 5.74) is 2.29. The van der Waals surface area contributed by atoms with Crippen molar-refractivity contribution in [3.05, 3.63) is 54.6 Å². The van der Waals surface area contributed by atoms with E-state index < -0.39 is 0 Å². The second kappa shape index (κ2) is 5.87. The molecule has 92 valence electrons. The average Bonchev–Trinajstić information content (AvgIpc) is 2.46. The molecule has 0 aliphatic carbocycles. The Kier molecular flexibility index (Phi) is 3.97. The summed E-state index contributed by atoms with van der Waals surface area (Å²) in [6.07, 6.45) is 0. The van der Waals surface area contributed by atoms with E-state index in [1.807, 2.05) is 42.5 Å². The fourth-order valence-corrected chi connectivity index (χ4v) is 1.60. The van der Waals surface area contributed by atoms with Gasteiger partial charge < -0.3 is 10.1 Å². The van der Waals surface area contributed by atoms with E-state index in [4.69, 9.17) is 4.74 Å². The van der Waals surface area contributed by atoms with E-state index in [1.54, 1.807) is 7.05 Å². The highest BCUT2D eigenvalue weighted by Gasteiger charge is 2.00. The van der Waals surface area contributed by atoms with Gasteiger partial charge in [-0.2, -0.15) is 0 Å². The summed E-state index contributed by atoms with van der Waals surface area (Å²) in [5.74, 6) is 0.556. The number of hydrogen-bond acceptors (Lipinski definition) is 2. The van der Waals surface area contributed by atoms with Gasteiger partial charge in [0.1, 0.15) is 5.75 Å². The van der Waals surface area contributed by atoms with Gasteiger partial charge in [-0.05, 0) is 23.3 Å². The van der Waals surface area contributed by atoms with Gasteiger partial charge in [0.15, 0.2) is 6.61 Å². The molecule has 0 heterocycles. The molecule has 2 rings (SSSR count). The third kappa shape index (κ3) is 3.10. The monoisotopic (exact) mass is 241 g/mol. The minimum atomic E-state index is -0.137. The smallest absolute Gasteiger partial charge is 0.257 e. The van der Waals surface area contributed by atoms with Crippen molar-refractivity contribution in [3.63, 3.8) is 0 Å². The average molecular weight is 241 g/mol. The number of nitrogens with one attached hydrogen (secondary N) is 1. The molecular formula is C15H15NO2. The molecule has 0 aromatic heterocycles. The van der Waals surface area contributed by atoms with Crippen molar-refractivity contribution >= 4 is 5.91 Å². The summed E-state index contributed by atoms with van der Waals surface area (Å²) in [6, 6.07) is 17.8. The largest absolute Gasteiger partial charge is 0.484 e. The topological polar surface area (TPSA) is 38.3 Å². The first kappa shape index (κ1) is 12.2. The molecule has 0 fully saturated rings. The summed E-state index contributed by atoms with van der Waals surface area (Å²) >= 11 is 0. The molecule has 18 heavy (non-hydrogen) atoms. The van der Waals surface area contributed by atoms with Crippen molar-refractivity contribution in [1.29, 1.82) is 0 Å². The van der Waals surface area contributed by atoms with Crippen LogP contribution in [0.5, 0.6) is 5.75 Å². The van der Waals surface area contributed by atoms with Crippen LogP contribution in [0, 0.1) is 0 Å². The highest BCUT2D eigenvalue weighted by Crippen LogP contribution is 2.21. The number of carbonyl (C=O) groups excluding carboxylic acids is 1. The van der Waals surface area contributed by atoms with Crippen LogP contribution in [0.2, 0.25) is 0 Å². The third-order valence-electron chi connectivity index (χ3n) is 2.61. The molecule has 0 unspecified atom stereocenters. The molecule has 0 atom stereocenters. The van der Waals surface area contributed by atoms with Crippen molar-refractivity contribution < 1.29 is 9.53 Å². The van der Waals surface area contributed by atoms with E-state index in [0.29, 0.717) is 5.75 Å². The number of carbonyl (C=O) groups is 1. The van der Waals surface area contributed by atoms with Gasteiger partial charge in [0, 0.05) is 7.05 Å². The Morgan fingerprint density at radius 2 is 1.61 bits per heavy atom. The van der Waals surface area contributed by atoms with Crippen molar-refractivity contribution in [2.75, 3.05) is 13.7 Å². The lowest BCUT2D eigenvalue weighted by molar-refractivity contribution is -0.122. The Balaban J connectivity index is 2.04. The minimum Gasteiger partial charge on any atom is -0.484 e. The molecule has 0 bridgehead atoms. The molecule has 3 nitrogen and oxygen atoms in total. The number of hydrogen-bond donors (Lipinski definition) is 1. The Bertz CT molecular complexity index is 506. The lowest BCUT2D eigenvalue weighted by Gasteiger charge is -2.06. The van der Waals surface area contributed by atoms with Crippen molar-refractivity contribution in [3.8, 4) is 16.9 Å². The van der Waals surface area contributed by atoms with Crippen LogP contribution in [0.3, 0.4) is 0 Å². The maximum absolute atomic E-state index is 11.0. The Hall–Kier alpha value is -2.29. The van der Waals surface area contributed by atoms with Crippen LogP contribution in [0.4, 0.5) is 0 Å². The molecule has 0 aliphatic rings. The maximum Gasteiger partial charge on any atom is 0.257 e. The summed E-state index contributed by atoms with van der Waals surface area (Å²) in [7, 11) is 1.59. The number of likely N-dealkylation sites (N-methyl/N-ethyl adjacent to an activating group) is 1. The lowest BCUT2D eigenvalue weighted by atomic mass is 10.1. The zero-order valence-electron chi connectivity index (χ0n) is 10.2. The second-order valence-corrected chi connectivity index (χ2v) is 3.85. The molecule has 3 heteroatoms. The SMILES string of the molecule is CNC(=O)COc1ccc(-c2ccccc2)cc1. The molecule has 2 aromatic carbocycles. The van der Waals surface area contributed by atoms with Gasteiger partial charge in [0.25, 0.3) is 5.91 Å². The summed E-state index contributed by atoms with van der Waals surface area (Å²) in [6.45, 7) is 0.0428. The van der Waals surface area contributed by atoms with E-state index in [-0.39, 0.29) is 12.5 Å². The highest BCUT2D eigenvalue weighted by atomic mass is 16.5. The Morgan fingerprint density at radius 1 is 1.00 bits per heavy atom. The standard InChI is InChI=1S/C15H15NO2/c1-16-15(17)11-18-14-9-7-13(8-10-14)12-5-3-2-4-6-12/h2-10H,11H2,1H3,(H,16,17). The predicted octanol–water partition coefficient (Wildman–Crippen LogP) is 2.48. The van der Waals surface area contributed by atoms with Crippen molar-refractivity contribution in [1.82, 2.24) is 5.32 Å². The van der Waals surface area contributed by atoms with E-state index >= 15 is 0 Å². The van der Waals surface area contributed by atoms with Crippen molar-refractivity contribution in [2.45, 2.75) is 0 Å². The van der Waals surface area contributed by atoms with Gasteiger partial charge in [-0.15, -0.1) is 0 Å². The number of rotatable bonds is 4. The molecular weight excluding hydrogens is 226 g/mol. The number of ether oxygens (including phenoxy) is 1. The molecule has 0 aliphatic heterocycles. The molecule has 0 radical (unpaired) electrons. The van der Waals surface area contributed by atoms with Crippen molar-refractivity contribution in [2.24, 2.45) is 0 Å². The fraction of sp³-hybridized carbons (Fsp3) is 0.133.